The molecule has 17 heavy (non-hydrogen) atoms. The van der Waals surface area contributed by atoms with Gasteiger partial charge in [0.25, 0.3) is 0 Å². The molecule has 0 aliphatic carbocycles. The van der Waals surface area contributed by atoms with Crippen LogP contribution in [-0.4, -0.2) is 35.2 Å². The molecule has 5 nitrogen and oxygen atoms in total. The summed E-state index contributed by atoms with van der Waals surface area (Å²) < 4.78 is 10.4. The number of rotatable bonds is 3. The number of hydrogen-bond donors (Lipinski definition) is 0. The topological polar surface area (TPSA) is 55.8 Å². The van der Waals surface area contributed by atoms with Crippen molar-refractivity contribution >= 4 is 23.8 Å². The number of halogens is 1. The van der Waals surface area contributed by atoms with Crippen molar-refractivity contribution in [2.24, 2.45) is 5.92 Å². The smallest absolute Gasteiger partial charge is 0.425 e. The largest absolute Gasteiger partial charge is 0.467 e. The van der Waals surface area contributed by atoms with Gasteiger partial charge in [-0.05, 0) is 26.7 Å². The van der Waals surface area contributed by atoms with Crippen LogP contribution in [-0.2, 0) is 14.3 Å². The fraction of sp³-hybridized carbons (Fsp3) is 0.818. The molecule has 0 aromatic carbocycles. The summed E-state index contributed by atoms with van der Waals surface area (Å²) in [6, 6.07) is -0.864. The van der Waals surface area contributed by atoms with Crippen LogP contribution < -0.4 is 0 Å². The second kappa shape index (κ2) is 6.10. The molecule has 0 aromatic heterocycles. The maximum atomic E-state index is 11.7. The van der Waals surface area contributed by atoms with Crippen molar-refractivity contribution in [3.63, 3.8) is 0 Å². The Bertz CT molecular complexity index is 286. The van der Waals surface area contributed by atoms with Gasteiger partial charge in [-0.3, -0.25) is 0 Å². The summed E-state index contributed by atoms with van der Waals surface area (Å²) in [6.45, 7) is 8.69. The summed E-state index contributed by atoms with van der Waals surface area (Å²) in [4.78, 5) is 23.2. The second-order valence-corrected chi connectivity index (χ2v) is 5.37. The van der Waals surface area contributed by atoms with Crippen molar-refractivity contribution in [2.45, 2.75) is 46.3 Å². The van der Waals surface area contributed by atoms with Crippen LogP contribution in [0.3, 0.4) is 0 Å². The van der Waals surface area contributed by atoms with E-state index in [-0.39, 0.29) is 5.92 Å². The van der Waals surface area contributed by atoms with E-state index in [1.165, 1.54) is 7.11 Å². The van der Waals surface area contributed by atoms with Crippen molar-refractivity contribution < 1.29 is 19.1 Å². The fourth-order valence-corrected chi connectivity index (χ4v) is 1.51. The number of nitrogens with zero attached hydrogens (tertiary/aromatic N) is 1. The summed E-state index contributed by atoms with van der Waals surface area (Å²) in [7, 11) is 1.25. The van der Waals surface area contributed by atoms with Gasteiger partial charge >= 0.3 is 12.1 Å². The monoisotopic (exact) mass is 265 g/mol. The molecule has 0 saturated heterocycles. The van der Waals surface area contributed by atoms with E-state index >= 15 is 0 Å². The molecule has 0 fully saturated rings. The third-order valence-electron chi connectivity index (χ3n) is 1.89. The van der Waals surface area contributed by atoms with Crippen LogP contribution in [0.5, 0.6) is 0 Å². The lowest BCUT2D eigenvalue weighted by molar-refractivity contribution is -0.146. The van der Waals surface area contributed by atoms with Gasteiger partial charge in [0.15, 0.2) is 6.04 Å². The summed E-state index contributed by atoms with van der Waals surface area (Å²) in [5, 5.41) is 0. The Morgan fingerprint density at radius 3 is 2.00 bits per heavy atom. The Hall–Kier alpha value is -0.970. The van der Waals surface area contributed by atoms with E-state index in [0.717, 1.165) is 4.42 Å². The molecule has 0 aliphatic rings. The number of amides is 1. The number of ether oxygens (including phenoxy) is 2. The van der Waals surface area contributed by atoms with Crippen LogP contribution in [0, 0.1) is 5.92 Å². The van der Waals surface area contributed by atoms with Crippen molar-refractivity contribution in [3.05, 3.63) is 0 Å². The zero-order chi connectivity index (χ0) is 13.8. The van der Waals surface area contributed by atoms with E-state index in [2.05, 4.69) is 4.74 Å². The van der Waals surface area contributed by atoms with Gasteiger partial charge in [-0.1, -0.05) is 13.8 Å². The highest BCUT2D eigenvalue weighted by atomic mass is 35.5. The van der Waals surface area contributed by atoms with E-state index in [4.69, 9.17) is 16.5 Å². The molecule has 1 amide bonds. The van der Waals surface area contributed by atoms with E-state index in [1.54, 1.807) is 34.6 Å². The molecule has 0 bridgehead atoms. The molecule has 100 valence electrons. The third-order valence-corrected chi connectivity index (χ3v) is 2.23. The van der Waals surface area contributed by atoms with E-state index < -0.39 is 23.7 Å². The predicted octanol–water partition coefficient (Wildman–Crippen LogP) is 2.57. The second-order valence-electron chi connectivity index (χ2n) is 5.00. The molecule has 6 heteroatoms. The van der Waals surface area contributed by atoms with Crippen molar-refractivity contribution in [2.75, 3.05) is 7.11 Å². The van der Waals surface area contributed by atoms with Gasteiger partial charge in [-0.2, -0.15) is 0 Å². The Labute approximate surface area is 107 Å². The summed E-state index contributed by atoms with van der Waals surface area (Å²) in [5.74, 6) is -0.742. The number of methoxy groups -OCH3 is 1. The first kappa shape index (κ1) is 16.0. The Morgan fingerprint density at radius 1 is 1.24 bits per heavy atom. The van der Waals surface area contributed by atoms with Gasteiger partial charge in [0.2, 0.25) is 0 Å². The molecule has 0 spiro atoms. The maximum Gasteiger partial charge on any atom is 0.425 e. The standard InChI is InChI=1S/C11H20ClNO4/c1-7(2)8(9(14)16-6)13(12)10(15)17-11(3,4)5/h7-8H,1-6H3. The van der Waals surface area contributed by atoms with Gasteiger partial charge in [-0.25, -0.2) is 14.0 Å². The quantitative estimate of drug-likeness (QED) is 0.581. The molecule has 1 atom stereocenters. The molecular formula is C11H20ClNO4. The lowest BCUT2D eigenvalue weighted by Crippen LogP contribution is -2.45. The molecular weight excluding hydrogens is 246 g/mol. The molecule has 1 unspecified atom stereocenters. The van der Waals surface area contributed by atoms with Crippen molar-refractivity contribution in [3.8, 4) is 0 Å². The molecule has 0 radical (unpaired) electrons. The predicted molar refractivity (Wildman–Crippen MR) is 64.6 cm³/mol. The van der Waals surface area contributed by atoms with Gasteiger partial charge in [-0.15, -0.1) is 0 Å². The number of carbonyl (C=O) groups excluding carboxylic acids is 2. The molecule has 0 aliphatic heterocycles. The average Bonchev–Trinajstić information content (AvgIpc) is 2.14. The highest BCUT2D eigenvalue weighted by Crippen LogP contribution is 2.19. The number of esters is 1. The van der Waals surface area contributed by atoms with E-state index in [9.17, 15) is 9.59 Å². The molecule has 0 heterocycles. The highest BCUT2D eigenvalue weighted by Gasteiger charge is 2.35. The summed E-state index contributed by atoms with van der Waals surface area (Å²) >= 11 is 5.83. The Morgan fingerprint density at radius 2 is 1.71 bits per heavy atom. The molecule has 0 aromatic rings. The lowest BCUT2D eigenvalue weighted by atomic mass is 10.1. The van der Waals surface area contributed by atoms with Gasteiger partial charge in [0.05, 0.1) is 7.11 Å². The molecule has 0 saturated carbocycles. The zero-order valence-electron chi connectivity index (χ0n) is 11.1. The number of carbonyl (C=O) groups is 2. The summed E-state index contributed by atoms with van der Waals surface area (Å²) in [6.07, 6.45) is -0.761. The average molecular weight is 266 g/mol. The minimum absolute atomic E-state index is 0.174. The molecule has 0 N–H and O–H groups in total. The normalized spacial score (nSPS) is 13.2. The highest BCUT2D eigenvalue weighted by molar-refractivity contribution is 6.21. The van der Waals surface area contributed by atoms with Crippen LogP contribution in [0.4, 0.5) is 4.79 Å². The van der Waals surface area contributed by atoms with Crippen molar-refractivity contribution in [1.29, 1.82) is 0 Å². The minimum Gasteiger partial charge on any atom is -0.467 e. The van der Waals surface area contributed by atoms with Crippen LogP contribution >= 0.6 is 11.8 Å². The Kier molecular flexibility index (Phi) is 5.75. The van der Waals surface area contributed by atoms with Crippen LogP contribution in [0.1, 0.15) is 34.6 Å². The number of hydrogen-bond acceptors (Lipinski definition) is 4. The molecule has 0 rings (SSSR count). The first-order chi connectivity index (χ1) is 7.60. The van der Waals surface area contributed by atoms with Crippen LogP contribution in [0.15, 0.2) is 0 Å². The first-order valence-corrected chi connectivity index (χ1v) is 5.69. The third kappa shape index (κ3) is 5.26. The van der Waals surface area contributed by atoms with Crippen molar-refractivity contribution in [1.82, 2.24) is 4.42 Å². The van der Waals surface area contributed by atoms with Crippen LogP contribution in [0.25, 0.3) is 0 Å². The van der Waals surface area contributed by atoms with Crippen LogP contribution in [0.2, 0.25) is 0 Å². The van der Waals surface area contributed by atoms with E-state index in [1.807, 2.05) is 0 Å². The first-order valence-electron chi connectivity index (χ1n) is 5.36. The SMILES string of the molecule is COC(=O)C(C(C)C)N(Cl)C(=O)OC(C)(C)C. The maximum absolute atomic E-state index is 11.7. The van der Waals surface area contributed by atoms with Gasteiger partial charge < -0.3 is 9.47 Å². The van der Waals surface area contributed by atoms with E-state index in [0.29, 0.717) is 0 Å². The Balaban J connectivity index is 4.79. The lowest BCUT2D eigenvalue weighted by Gasteiger charge is -2.28. The fourth-order valence-electron chi connectivity index (χ4n) is 1.17. The minimum atomic E-state index is -0.864. The van der Waals surface area contributed by atoms with Gasteiger partial charge in [0, 0.05) is 11.8 Å². The summed E-state index contributed by atoms with van der Waals surface area (Å²) in [5.41, 5.74) is -0.665. The van der Waals surface area contributed by atoms with Gasteiger partial charge in [0.1, 0.15) is 5.60 Å². The zero-order valence-corrected chi connectivity index (χ0v) is 11.9.